The van der Waals surface area contributed by atoms with Crippen LogP contribution in [0.2, 0.25) is 0 Å². The van der Waals surface area contributed by atoms with Crippen LogP contribution in [0, 0.1) is 0 Å². The molecule has 1 atom stereocenters. The first-order valence-corrected chi connectivity index (χ1v) is 7.68. The Labute approximate surface area is 124 Å². The summed E-state index contributed by atoms with van der Waals surface area (Å²) >= 11 is 0. The minimum absolute atomic E-state index is 0.293. The topological polar surface area (TPSA) is 49.2 Å². The van der Waals surface area contributed by atoms with Crippen LogP contribution in [0.4, 0.5) is 5.95 Å². The molecule has 1 aromatic carbocycles. The maximum Gasteiger partial charge on any atom is 0.226 e. The van der Waals surface area contributed by atoms with Gasteiger partial charge in [-0.2, -0.15) is 0 Å². The molecular weight excluding hydrogens is 262 g/mol. The van der Waals surface area contributed by atoms with Gasteiger partial charge in [0, 0.05) is 29.4 Å². The fourth-order valence-electron chi connectivity index (χ4n) is 3.22. The molecule has 1 aromatic heterocycles. The number of hydrogen-bond acceptors (Lipinski definition) is 4. The van der Waals surface area contributed by atoms with E-state index in [1.165, 1.54) is 17.7 Å². The lowest BCUT2D eigenvalue weighted by atomic mass is 10.0. The van der Waals surface area contributed by atoms with Crippen LogP contribution in [0.3, 0.4) is 0 Å². The zero-order valence-corrected chi connectivity index (χ0v) is 12.2. The minimum atomic E-state index is 0.293. The molecule has 0 unspecified atom stereocenters. The second-order valence-electron chi connectivity index (χ2n) is 6.03. The molecule has 1 aliphatic carbocycles. The largest absolute Gasteiger partial charge is 0.508 e. The van der Waals surface area contributed by atoms with E-state index in [0.717, 1.165) is 43.0 Å². The van der Waals surface area contributed by atoms with Crippen molar-refractivity contribution in [2.45, 2.75) is 38.6 Å². The molecular formula is C17H19N3O. The van der Waals surface area contributed by atoms with Crippen molar-refractivity contribution in [1.82, 2.24) is 9.97 Å². The van der Waals surface area contributed by atoms with Gasteiger partial charge in [0.15, 0.2) is 0 Å². The number of rotatable bonds is 2. The molecule has 0 saturated carbocycles. The Morgan fingerprint density at radius 1 is 1.14 bits per heavy atom. The van der Waals surface area contributed by atoms with E-state index >= 15 is 0 Å². The molecule has 0 spiro atoms. The van der Waals surface area contributed by atoms with Gasteiger partial charge in [0.25, 0.3) is 0 Å². The number of phenols is 1. The van der Waals surface area contributed by atoms with E-state index < -0.39 is 0 Å². The van der Waals surface area contributed by atoms with Crippen LogP contribution < -0.4 is 4.90 Å². The number of benzene rings is 1. The van der Waals surface area contributed by atoms with Crippen molar-refractivity contribution in [3.63, 3.8) is 0 Å². The molecule has 2 aliphatic rings. The lowest BCUT2D eigenvalue weighted by Gasteiger charge is -2.39. The Hall–Kier alpha value is -2.10. The lowest BCUT2D eigenvalue weighted by molar-refractivity contribution is 0.470. The molecule has 4 heteroatoms. The second kappa shape index (κ2) is 4.72. The third-order valence-electron chi connectivity index (χ3n) is 4.64. The van der Waals surface area contributed by atoms with Crippen LogP contribution in [0.15, 0.2) is 24.3 Å². The zero-order valence-electron chi connectivity index (χ0n) is 12.2. The molecule has 4 nitrogen and oxygen atoms in total. The van der Waals surface area contributed by atoms with Crippen LogP contribution in [0.1, 0.15) is 31.0 Å². The summed E-state index contributed by atoms with van der Waals surface area (Å²) in [5, 5.41) is 9.48. The number of aryl methyl sites for hydroxylation is 1. The Kier molecular flexibility index (Phi) is 2.84. The van der Waals surface area contributed by atoms with Crippen molar-refractivity contribution in [3.05, 3.63) is 35.5 Å². The molecule has 1 fully saturated rings. The molecule has 1 saturated heterocycles. The second-order valence-corrected chi connectivity index (χ2v) is 6.03. The first kappa shape index (κ1) is 12.6. The number of nitrogens with zero attached hydrogens (tertiary/aromatic N) is 3. The molecule has 21 heavy (non-hydrogen) atoms. The summed E-state index contributed by atoms with van der Waals surface area (Å²) in [7, 11) is 0. The quantitative estimate of drug-likeness (QED) is 0.919. The van der Waals surface area contributed by atoms with Gasteiger partial charge in [0.05, 0.1) is 5.69 Å². The van der Waals surface area contributed by atoms with Gasteiger partial charge in [0.2, 0.25) is 5.95 Å². The van der Waals surface area contributed by atoms with Crippen molar-refractivity contribution >= 4 is 5.95 Å². The Morgan fingerprint density at radius 3 is 2.62 bits per heavy atom. The van der Waals surface area contributed by atoms with Gasteiger partial charge < -0.3 is 10.0 Å². The van der Waals surface area contributed by atoms with Crippen molar-refractivity contribution in [1.29, 1.82) is 0 Å². The van der Waals surface area contributed by atoms with E-state index in [1.807, 2.05) is 12.1 Å². The van der Waals surface area contributed by atoms with Gasteiger partial charge in [-0.1, -0.05) is 0 Å². The third kappa shape index (κ3) is 2.06. The fraction of sp³-hybridized carbons (Fsp3) is 0.412. The predicted molar refractivity (Wildman–Crippen MR) is 82.6 cm³/mol. The van der Waals surface area contributed by atoms with Crippen molar-refractivity contribution < 1.29 is 5.11 Å². The van der Waals surface area contributed by atoms with Crippen molar-refractivity contribution in [3.8, 4) is 17.0 Å². The van der Waals surface area contributed by atoms with E-state index in [4.69, 9.17) is 9.97 Å². The van der Waals surface area contributed by atoms with E-state index in [-0.39, 0.29) is 0 Å². The standard InChI is InChI=1S/C17H19N3O/c1-11-9-10-20(11)17-18-15-4-2-3-14(15)16(19-17)12-5-7-13(21)8-6-12/h5-8,11,21H,2-4,9-10H2,1H3/t11-/m0/s1. The monoisotopic (exact) mass is 281 g/mol. The maximum atomic E-state index is 9.48. The molecule has 108 valence electrons. The first-order valence-electron chi connectivity index (χ1n) is 7.68. The van der Waals surface area contributed by atoms with Gasteiger partial charge in [-0.3, -0.25) is 0 Å². The third-order valence-corrected chi connectivity index (χ3v) is 4.64. The summed E-state index contributed by atoms with van der Waals surface area (Å²) in [4.78, 5) is 11.9. The summed E-state index contributed by atoms with van der Waals surface area (Å²) in [5.74, 6) is 1.17. The number of phenolic OH excluding ortho intramolecular Hbond substituents is 1. The van der Waals surface area contributed by atoms with Gasteiger partial charge in [-0.25, -0.2) is 9.97 Å². The number of fused-ring (bicyclic) bond motifs is 1. The van der Waals surface area contributed by atoms with E-state index in [9.17, 15) is 5.11 Å². The van der Waals surface area contributed by atoms with Gasteiger partial charge in [-0.15, -0.1) is 0 Å². The highest BCUT2D eigenvalue weighted by Gasteiger charge is 2.29. The molecule has 4 rings (SSSR count). The minimum Gasteiger partial charge on any atom is -0.508 e. The van der Waals surface area contributed by atoms with Crippen LogP contribution in [-0.2, 0) is 12.8 Å². The number of aromatic hydroxyl groups is 1. The number of anilines is 1. The van der Waals surface area contributed by atoms with E-state index in [1.54, 1.807) is 12.1 Å². The van der Waals surface area contributed by atoms with Crippen molar-refractivity contribution in [2.24, 2.45) is 0 Å². The zero-order chi connectivity index (χ0) is 14.4. The predicted octanol–water partition coefficient (Wildman–Crippen LogP) is 2.94. The average molecular weight is 281 g/mol. The number of aromatic nitrogens is 2. The molecule has 0 amide bonds. The van der Waals surface area contributed by atoms with Crippen LogP contribution in [-0.4, -0.2) is 27.7 Å². The lowest BCUT2D eigenvalue weighted by Crippen LogP contribution is -2.46. The SMILES string of the molecule is C[C@H]1CCN1c1nc2c(c(-c3ccc(O)cc3)n1)CCC2. The molecule has 0 bridgehead atoms. The highest BCUT2D eigenvalue weighted by Crippen LogP contribution is 2.34. The maximum absolute atomic E-state index is 9.48. The van der Waals surface area contributed by atoms with Crippen LogP contribution in [0.25, 0.3) is 11.3 Å². The van der Waals surface area contributed by atoms with Crippen LogP contribution >= 0.6 is 0 Å². The summed E-state index contributed by atoms with van der Waals surface area (Å²) in [5.41, 5.74) is 4.62. The molecule has 0 radical (unpaired) electrons. The smallest absolute Gasteiger partial charge is 0.226 e. The number of hydrogen-bond donors (Lipinski definition) is 1. The average Bonchev–Trinajstić information content (AvgIpc) is 2.94. The van der Waals surface area contributed by atoms with Crippen molar-refractivity contribution in [2.75, 3.05) is 11.4 Å². The van der Waals surface area contributed by atoms with Gasteiger partial charge >= 0.3 is 0 Å². The van der Waals surface area contributed by atoms with E-state index in [2.05, 4.69) is 11.8 Å². The first-order chi connectivity index (χ1) is 10.2. The van der Waals surface area contributed by atoms with Gasteiger partial charge in [-0.05, 0) is 56.9 Å². The summed E-state index contributed by atoms with van der Waals surface area (Å²) in [6, 6.07) is 7.88. The molecule has 1 N–H and O–H groups in total. The Bertz CT molecular complexity index is 681. The fourth-order valence-corrected chi connectivity index (χ4v) is 3.22. The summed E-state index contributed by atoms with van der Waals surface area (Å²) in [6.07, 6.45) is 4.49. The molecule has 2 heterocycles. The summed E-state index contributed by atoms with van der Waals surface area (Å²) < 4.78 is 0. The molecule has 2 aromatic rings. The highest BCUT2D eigenvalue weighted by atomic mass is 16.3. The Balaban J connectivity index is 1.83. The normalized spacial score (nSPS) is 20.2. The highest BCUT2D eigenvalue weighted by molar-refractivity contribution is 5.67. The summed E-state index contributed by atoms with van der Waals surface area (Å²) in [6.45, 7) is 3.27. The Morgan fingerprint density at radius 2 is 1.95 bits per heavy atom. The van der Waals surface area contributed by atoms with E-state index in [0.29, 0.717) is 11.8 Å². The molecule has 1 aliphatic heterocycles. The van der Waals surface area contributed by atoms with Gasteiger partial charge in [0.1, 0.15) is 5.75 Å². The van der Waals surface area contributed by atoms with Crippen LogP contribution in [0.5, 0.6) is 5.75 Å².